The van der Waals surface area contributed by atoms with Crippen LogP contribution in [0.5, 0.6) is 0 Å². The molecule has 2 bridgehead atoms. The largest absolute Gasteiger partial charge is 0.453 e. The van der Waals surface area contributed by atoms with Crippen molar-refractivity contribution in [3.63, 3.8) is 0 Å². The van der Waals surface area contributed by atoms with Gasteiger partial charge in [0.15, 0.2) is 0 Å². The fraction of sp³-hybridized carbons (Fsp3) is 0.385. The highest BCUT2D eigenvalue weighted by molar-refractivity contribution is 5.87. The molecule has 3 atom stereocenters. The van der Waals surface area contributed by atoms with E-state index >= 15 is 8.78 Å². The van der Waals surface area contributed by atoms with Crippen LogP contribution in [0.25, 0.3) is 44.5 Å². The second-order valence-electron chi connectivity index (χ2n) is 14.0. The summed E-state index contributed by atoms with van der Waals surface area (Å²) < 4.78 is 37.1. The average molecular weight is 694 g/mol. The van der Waals surface area contributed by atoms with Gasteiger partial charge in [-0.2, -0.15) is 8.78 Å². The number of fused-ring (bicyclic) bond motifs is 6. The summed E-state index contributed by atoms with van der Waals surface area (Å²) in [6, 6.07) is 17.3. The number of rotatable bonds is 9. The molecule has 51 heavy (non-hydrogen) atoms. The maximum Gasteiger partial charge on any atom is 0.407 e. The number of nitrogens with zero attached hydrogens (tertiary/aromatic N) is 4. The molecule has 1 aliphatic heterocycles. The molecule has 12 heteroatoms. The van der Waals surface area contributed by atoms with E-state index in [0.29, 0.717) is 53.1 Å². The van der Waals surface area contributed by atoms with Crippen LogP contribution in [0, 0.1) is 5.92 Å². The highest BCUT2D eigenvalue weighted by atomic mass is 19.3. The number of ether oxygens (including phenoxy) is 1. The van der Waals surface area contributed by atoms with Crippen molar-refractivity contribution in [3.8, 4) is 33.5 Å². The number of likely N-dealkylation sites (tertiary alicyclic amines) is 1. The maximum atomic E-state index is 16.3. The van der Waals surface area contributed by atoms with Gasteiger partial charge in [0.05, 0.1) is 42.6 Å². The molecule has 0 unspecified atom stereocenters. The van der Waals surface area contributed by atoms with Crippen LogP contribution in [0.4, 0.5) is 13.6 Å². The number of methoxy groups -OCH3 is 1. The summed E-state index contributed by atoms with van der Waals surface area (Å²) in [5.74, 6) is -1.38. The van der Waals surface area contributed by atoms with Gasteiger partial charge in [0, 0.05) is 29.3 Å². The number of H-pyrrole nitrogens is 2. The summed E-state index contributed by atoms with van der Waals surface area (Å²) in [6.07, 6.45) is 6.56. The van der Waals surface area contributed by atoms with Crippen LogP contribution in [0.15, 0.2) is 60.8 Å². The summed E-state index contributed by atoms with van der Waals surface area (Å²) in [7, 11) is 3.44. The first kappa shape index (κ1) is 33.1. The van der Waals surface area contributed by atoms with Crippen LogP contribution in [0.2, 0.25) is 0 Å². The number of hydrogen-bond acceptors (Lipinski definition) is 6. The zero-order chi connectivity index (χ0) is 35.4. The normalized spacial score (nSPS) is 20.3. The molecule has 5 aromatic rings. The van der Waals surface area contributed by atoms with Gasteiger partial charge in [-0.15, -0.1) is 0 Å². The van der Waals surface area contributed by atoms with E-state index in [4.69, 9.17) is 4.98 Å². The molecule has 264 valence electrons. The van der Waals surface area contributed by atoms with E-state index in [1.165, 1.54) is 38.9 Å². The minimum absolute atomic E-state index is 0.0167. The number of benzene rings is 3. The standard InChI is InChI=1S/C39H41F2N7O3/c1-4-14-48(35(49)20-43-38(50)51-3)21-34-42-19-33(44-34)24-9-12-28-27-11-8-22(16-29(27)39(40,41)30(28)17-24)23-10-13-31-32(18-23)46-37(45-31)36-25-6-5-7-26(15-25)47(36)2/h8-13,16-19,25-26,36H,4-7,14-15,20-21H2,1-3H3,(H,42,44)(H,43,50)(H,45,46)/t25-,26+,36-/m0/s1. The van der Waals surface area contributed by atoms with Crippen LogP contribution >= 0.6 is 0 Å². The van der Waals surface area contributed by atoms with Crippen molar-refractivity contribution >= 4 is 23.0 Å². The Morgan fingerprint density at radius 1 is 1.02 bits per heavy atom. The molecule has 2 fully saturated rings. The highest BCUT2D eigenvalue weighted by Gasteiger charge is 2.45. The molecule has 2 amide bonds. The lowest BCUT2D eigenvalue weighted by atomic mass is 9.87. The summed E-state index contributed by atoms with van der Waals surface area (Å²) in [5.41, 5.74) is 5.46. The molecule has 3 N–H and O–H groups in total. The molecule has 0 radical (unpaired) electrons. The number of nitrogens with one attached hydrogen (secondary N) is 3. The van der Waals surface area contributed by atoms with Crippen molar-refractivity contribution in [2.24, 2.45) is 5.92 Å². The zero-order valence-electron chi connectivity index (χ0n) is 28.9. The van der Waals surface area contributed by atoms with Gasteiger partial charge in [0.1, 0.15) is 18.2 Å². The Morgan fingerprint density at radius 2 is 1.75 bits per heavy atom. The molecule has 3 heterocycles. The number of aromatic amines is 2. The van der Waals surface area contributed by atoms with E-state index in [1.54, 1.807) is 29.3 Å². The van der Waals surface area contributed by atoms with Crippen molar-refractivity contribution in [3.05, 3.63) is 83.6 Å². The number of carbonyl (C=O) groups excluding carboxylic acids is 2. The van der Waals surface area contributed by atoms with Crippen molar-refractivity contribution in [2.45, 2.75) is 63.6 Å². The van der Waals surface area contributed by atoms with Crippen LogP contribution in [-0.4, -0.2) is 75.0 Å². The lowest BCUT2D eigenvalue weighted by Crippen LogP contribution is -2.40. The van der Waals surface area contributed by atoms with Crippen molar-refractivity contribution < 1.29 is 23.1 Å². The Balaban J connectivity index is 1.02. The third-order valence-electron chi connectivity index (χ3n) is 11.0. The highest BCUT2D eigenvalue weighted by Crippen LogP contribution is 2.53. The fourth-order valence-corrected chi connectivity index (χ4v) is 8.42. The third kappa shape index (κ3) is 5.85. The second-order valence-corrected chi connectivity index (χ2v) is 14.0. The minimum Gasteiger partial charge on any atom is -0.453 e. The van der Waals surface area contributed by atoms with Gasteiger partial charge in [0.25, 0.3) is 5.92 Å². The Hall–Kier alpha value is -5.10. The first-order valence-corrected chi connectivity index (χ1v) is 17.7. The predicted molar refractivity (Wildman–Crippen MR) is 190 cm³/mol. The first-order chi connectivity index (χ1) is 24.6. The van der Waals surface area contributed by atoms with Crippen molar-refractivity contribution in [2.75, 3.05) is 27.2 Å². The topological polar surface area (TPSA) is 119 Å². The van der Waals surface area contributed by atoms with Crippen molar-refractivity contribution in [1.29, 1.82) is 0 Å². The zero-order valence-corrected chi connectivity index (χ0v) is 28.9. The molecule has 3 aromatic carbocycles. The minimum atomic E-state index is -3.20. The number of carbonyl (C=O) groups is 2. The molecule has 3 aliphatic rings. The van der Waals surface area contributed by atoms with Crippen LogP contribution in [-0.2, 0) is 22.0 Å². The molecule has 2 aliphatic carbocycles. The van der Waals surface area contributed by atoms with Gasteiger partial charge >= 0.3 is 6.09 Å². The summed E-state index contributed by atoms with van der Waals surface area (Å²) in [5, 5.41) is 2.40. The number of aromatic nitrogens is 4. The number of hydrogen-bond donors (Lipinski definition) is 3. The average Bonchev–Trinajstić information content (AvgIpc) is 3.89. The number of halogens is 2. The van der Waals surface area contributed by atoms with E-state index in [-0.39, 0.29) is 36.2 Å². The van der Waals surface area contributed by atoms with Gasteiger partial charge in [-0.25, -0.2) is 14.8 Å². The number of alkyl carbamates (subject to hydrolysis) is 1. The molecular weight excluding hydrogens is 652 g/mol. The first-order valence-electron chi connectivity index (χ1n) is 17.7. The molecule has 2 aromatic heterocycles. The lowest BCUT2D eigenvalue weighted by molar-refractivity contribution is -0.130. The molecule has 8 rings (SSSR count). The van der Waals surface area contributed by atoms with E-state index in [0.717, 1.165) is 28.0 Å². The third-order valence-corrected chi connectivity index (χ3v) is 11.0. The van der Waals surface area contributed by atoms with Crippen LogP contribution in [0.3, 0.4) is 0 Å². The molecular formula is C39H41F2N7O3. The SMILES string of the molecule is CCCN(Cc1ncc(-c2ccc3c(c2)C(F)(F)c2cc(-c4ccc5nc([C@@H]6[C@H]7CCC[C@H](C7)N6C)[nH]c5c4)ccc2-3)[nH]1)C(=O)CNC(=O)OC. The van der Waals surface area contributed by atoms with Crippen molar-refractivity contribution in [1.82, 2.24) is 35.1 Å². The molecule has 1 saturated carbocycles. The van der Waals surface area contributed by atoms with Gasteiger partial charge in [-0.05, 0) is 85.2 Å². The number of alkyl halides is 2. The van der Waals surface area contributed by atoms with E-state index in [1.807, 2.05) is 37.3 Å². The number of imidazole rings is 2. The van der Waals surface area contributed by atoms with Gasteiger partial charge in [-0.1, -0.05) is 43.7 Å². The van der Waals surface area contributed by atoms with E-state index in [9.17, 15) is 9.59 Å². The Labute approximate surface area is 294 Å². The van der Waals surface area contributed by atoms with Crippen LogP contribution in [0.1, 0.15) is 67.8 Å². The van der Waals surface area contributed by atoms with Gasteiger partial charge < -0.3 is 24.9 Å². The maximum absolute atomic E-state index is 16.3. The number of amides is 2. The quantitative estimate of drug-likeness (QED) is 0.148. The Morgan fingerprint density at radius 3 is 2.49 bits per heavy atom. The van der Waals surface area contributed by atoms with E-state index in [2.05, 4.69) is 37.0 Å². The summed E-state index contributed by atoms with van der Waals surface area (Å²) in [4.78, 5) is 44.4. The monoisotopic (exact) mass is 693 g/mol. The Bertz CT molecular complexity index is 2140. The van der Waals surface area contributed by atoms with E-state index < -0.39 is 12.0 Å². The second kappa shape index (κ2) is 12.9. The van der Waals surface area contributed by atoms with Crippen LogP contribution < -0.4 is 5.32 Å². The smallest absolute Gasteiger partial charge is 0.407 e. The summed E-state index contributed by atoms with van der Waals surface area (Å²) in [6.45, 7) is 2.37. The lowest BCUT2D eigenvalue weighted by Gasteiger charge is -2.23. The summed E-state index contributed by atoms with van der Waals surface area (Å²) >= 11 is 0. The predicted octanol–water partition coefficient (Wildman–Crippen LogP) is 7.38. The van der Waals surface area contributed by atoms with Gasteiger partial charge in [0.2, 0.25) is 5.91 Å². The Kier molecular flexibility index (Phi) is 8.36. The van der Waals surface area contributed by atoms with Gasteiger partial charge in [-0.3, -0.25) is 9.69 Å². The molecule has 10 nitrogen and oxygen atoms in total. The molecule has 0 spiro atoms. The fourth-order valence-electron chi connectivity index (χ4n) is 8.42. The molecule has 1 saturated heterocycles.